The molecule has 0 aliphatic carbocycles. The Morgan fingerprint density at radius 2 is 0.698 bits per heavy atom. The van der Waals surface area contributed by atoms with Gasteiger partial charge in [-0.1, -0.05) is 20.8 Å². The Labute approximate surface area is 331 Å². The van der Waals surface area contributed by atoms with Crippen molar-refractivity contribution in [2.45, 2.75) is 38.9 Å². The van der Waals surface area contributed by atoms with Gasteiger partial charge in [-0.15, -0.1) is 0 Å². The Bertz CT molecular complexity index is 1180. The maximum Gasteiger partial charge on any atom is 0.502 e. The highest BCUT2D eigenvalue weighted by molar-refractivity contribution is 7.88. The first kappa shape index (κ1) is 54.0. The van der Waals surface area contributed by atoms with E-state index in [1.54, 1.807) is 0 Å². The minimum absolute atomic E-state index is 0.108. The van der Waals surface area contributed by atoms with Crippen LogP contribution in [-0.4, -0.2) is 228 Å². The molecule has 0 aliphatic rings. The molecule has 53 heavy (non-hydrogen) atoms. The monoisotopic (exact) mass is 870 g/mol. The van der Waals surface area contributed by atoms with Crippen LogP contribution in [0.1, 0.15) is 20.8 Å². The molecule has 0 fully saturated rings. The van der Waals surface area contributed by atoms with Crippen molar-refractivity contribution in [1.29, 1.82) is 0 Å². The van der Waals surface area contributed by atoms with Crippen LogP contribution in [0.3, 0.4) is 0 Å². The van der Waals surface area contributed by atoms with Crippen LogP contribution in [-0.2, 0) is 4.43 Å². The van der Waals surface area contributed by atoms with Crippen molar-refractivity contribution >= 4 is 46.2 Å². The summed E-state index contributed by atoms with van der Waals surface area (Å²) in [6, 6.07) is 0. The van der Waals surface area contributed by atoms with E-state index in [1.165, 1.54) is 0 Å². The lowest BCUT2D eigenvalue weighted by Crippen LogP contribution is -2.42. The Morgan fingerprint density at radius 3 is 0.887 bits per heavy atom. The van der Waals surface area contributed by atoms with Crippen molar-refractivity contribution in [2.75, 3.05) is 168 Å². The van der Waals surface area contributed by atoms with Crippen LogP contribution in [0, 0.1) is 0 Å². The summed E-state index contributed by atoms with van der Waals surface area (Å²) in [7, 11) is 30.2. The van der Waals surface area contributed by atoms with Gasteiger partial charge >= 0.3 is 7.87 Å². The zero-order chi connectivity index (χ0) is 42.5. The molecule has 0 amide bonds. The molecular formula is C30H86N16OP5Si+. The summed E-state index contributed by atoms with van der Waals surface area (Å²) in [5, 5.41) is 4.10. The number of hydrogen-bond donors (Lipinski definition) is 1. The molecule has 0 aliphatic heterocycles. The van der Waals surface area contributed by atoms with Gasteiger partial charge in [0.2, 0.25) is 30.0 Å². The molecule has 0 bridgehead atoms. The third-order valence-electron chi connectivity index (χ3n) is 9.61. The van der Waals surface area contributed by atoms with E-state index in [9.17, 15) is 0 Å². The lowest BCUT2D eigenvalue weighted by atomic mass is 10.2. The van der Waals surface area contributed by atoms with E-state index in [0.717, 1.165) is 0 Å². The van der Waals surface area contributed by atoms with Crippen molar-refractivity contribution in [3.05, 3.63) is 0 Å². The van der Waals surface area contributed by atoms with E-state index in [-0.39, 0.29) is 5.04 Å². The highest BCUT2D eigenvalue weighted by Crippen LogP contribution is 2.86. The third kappa shape index (κ3) is 11.6. The van der Waals surface area contributed by atoms with Gasteiger partial charge in [-0.25, -0.2) is 51.4 Å². The van der Waals surface area contributed by atoms with Gasteiger partial charge in [0.05, 0.1) is 0 Å². The summed E-state index contributed by atoms with van der Waals surface area (Å²) in [4.78, 5) is 0. The quantitative estimate of drug-likeness (QED) is 0.0757. The van der Waals surface area contributed by atoms with Crippen LogP contribution in [0.15, 0.2) is 18.1 Å². The lowest BCUT2D eigenvalue weighted by molar-refractivity contribution is 0.292. The minimum Gasteiger partial charge on any atom is -0.416 e. The molecule has 0 unspecified atom stereocenters. The fraction of sp³-hybridized carbons (Fsp3) is 1.00. The van der Waals surface area contributed by atoms with Crippen LogP contribution in [0.4, 0.5) is 0 Å². The van der Waals surface area contributed by atoms with Gasteiger partial charge in [-0.3, -0.25) is 5.09 Å². The van der Waals surface area contributed by atoms with Crippen molar-refractivity contribution in [1.82, 2.24) is 56.5 Å². The van der Waals surface area contributed by atoms with E-state index in [1.807, 2.05) is 0 Å². The van der Waals surface area contributed by atoms with Gasteiger partial charge < -0.3 is 4.43 Å². The summed E-state index contributed by atoms with van der Waals surface area (Å²) in [5.74, 6) is 0. The van der Waals surface area contributed by atoms with Crippen LogP contribution >= 0.6 is 37.9 Å². The molecule has 0 aromatic rings. The average molecular weight is 870 g/mol. The topological polar surface area (TPSA) is 106 Å². The number of rotatable bonds is 20. The molecule has 23 heteroatoms. The molecule has 0 rings (SSSR count). The zero-order valence-electron chi connectivity index (χ0n) is 39.3. The highest BCUT2D eigenvalue weighted by Gasteiger charge is 2.56. The highest BCUT2D eigenvalue weighted by atomic mass is 31.3. The lowest BCUT2D eigenvalue weighted by Gasteiger charge is -2.44. The second-order valence-corrected chi connectivity index (χ2v) is 39.1. The van der Waals surface area contributed by atoms with Crippen LogP contribution in [0.2, 0.25) is 18.1 Å². The number of nitrogens with one attached hydrogen (secondary N) is 1. The molecule has 0 atom stereocenters. The van der Waals surface area contributed by atoms with E-state index >= 15 is 0 Å². The SMILES string of the molecule is CN(C)P(=N[P+](N=P(N(C)C)(N(C)C)N(C)C)(N=P(N(C)C)(N(C)C)N(C)C)N=P(N(C)C)(N(C)C)N(C)C)(NCCO[Si](C)(C)C(C)(C)C)N(C)C. The smallest absolute Gasteiger partial charge is 0.416 e. The summed E-state index contributed by atoms with van der Waals surface area (Å²) in [6.45, 7) is 12.6. The van der Waals surface area contributed by atoms with Crippen molar-refractivity contribution in [3.63, 3.8) is 0 Å². The number of nitrogens with zero attached hydrogens (tertiary/aromatic N) is 15. The van der Waals surface area contributed by atoms with Gasteiger partial charge in [0.1, 0.15) is 0 Å². The summed E-state index contributed by atoms with van der Waals surface area (Å²) in [6.07, 6.45) is 0. The van der Waals surface area contributed by atoms with Gasteiger partial charge in [0.15, 0.2) is 8.32 Å². The van der Waals surface area contributed by atoms with E-state index in [2.05, 4.69) is 245 Å². The Balaban J connectivity index is 9.76. The molecule has 0 heterocycles. The first-order valence-corrected chi connectivity index (χ1v) is 28.9. The molecule has 0 saturated carbocycles. The van der Waals surface area contributed by atoms with Crippen LogP contribution < -0.4 is 5.09 Å². The first-order valence-electron chi connectivity index (χ1n) is 18.0. The van der Waals surface area contributed by atoms with Crippen LogP contribution in [0.25, 0.3) is 0 Å². The standard InChI is InChI=1S/C30H86N16OP5Si/c1-30(2,3)53(26,27)47-29-28-31-49(36(4)5,37(6)7)32-48(33-50(38(8)9,39(10)11)40(12)13,34-51(41(14)15,42(16)17)43(18)19)35-52(44(20)21,45(22)23)46(24)25/h31H,28-29H2,1-27H3/q+1. The average Bonchev–Trinajstić information content (AvgIpc) is 2.96. The largest absolute Gasteiger partial charge is 0.502 e. The third-order valence-corrected chi connectivity index (χ3v) is 34.4. The van der Waals surface area contributed by atoms with E-state index in [0.29, 0.717) is 13.2 Å². The molecule has 0 saturated heterocycles. The van der Waals surface area contributed by atoms with Crippen molar-refractivity contribution < 1.29 is 4.43 Å². The fourth-order valence-electron chi connectivity index (χ4n) is 6.25. The second kappa shape index (κ2) is 20.3. The predicted octanol–water partition coefficient (Wildman–Crippen LogP) is 7.24. The summed E-state index contributed by atoms with van der Waals surface area (Å²) in [5.41, 5.74) is 0. The van der Waals surface area contributed by atoms with E-state index < -0.39 is 46.2 Å². The normalized spacial score (nSPS) is 15.0. The Hall–Kier alpha value is 1.05. The number of hydrogen-bond acceptors (Lipinski definition) is 5. The molecular weight excluding hydrogens is 783 g/mol. The Morgan fingerprint density at radius 1 is 0.453 bits per heavy atom. The van der Waals surface area contributed by atoms with Gasteiger partial charge in [-0.2, -0.15) is 0 Å². The molecule has 1 N–H and O–H groups in total. The van der Waals surface area contributed by atoms with Gasteiger partial charge in [-0.05, 0) is 191 Å². The summed E-state index contributed by atoms with van der Waals surface area (Å²) < 4.78 is 56.0. The van der Waals surface area contributed by atoms with E-state index in [4.69, 9.17) is 22.5 Å². The molecule has 320 valence electrons. The minimum atomic E-state index is -3.54. The second-order valence-electron chi connectivity index (χ2n) is 16.9. The first-order chi connectivity index (χ1) is 23.7. The van der Waals surface area contributed by atoms with Crippen molar-refractivity contribution in [2.24, 2.45) is 18.1 Å². The molecule has 0 radical (unpaired) electrons. The predicted molar refractivity (Wildman–Crippen MR) is 246 cm³/mol. The molecule has 17 nitrogen and oxygen atoms in total. The van der Waals surface area contributed by atoms with Crippen LogP contribution in [0.5, 0.6) is 0 Å². The molecule has 0 spiro atoms. The fourth-order valence-corrected chi connectivity index (χ4v) is 30.7. The maximum absolute atomic E-state index is 6.71. The summed E-state index contributed by atoms with van der Waals surface area (Å²) >= 11 is 0. The van der Waals surface area contributed by atoms with Gasteiger partial charge in [0, 0.05) is 13.2 Å². The van der Waals surface area contributed by atoms with Crippen molar-refractivity contribution in [3.8, 4) is 0 Å². The molecule has 0 aromatic heterocycles. The molecule has 0 aromatic carbocycles. The Kier molecular flexibility index (Phi) is 20.7. The van der Waals surface area contributed by atoms with Gasteiger partial charge in [0.25, 0.3) is 0 Å². The maximum atomic E-state index is 6.71. The zero-order valence-corrected chi connectivity index (χ0v) is 44.7.